The number of ether oxygens (including phenoxy) is 1. The van der Waals surface area contributed by atoms with Crippen LogP contribution in [0.1, 0.15) is 69.9 Å². The zero-order valence-corrected chi connectivity index (χ0v) is 20.4. The quantitative estimate of drug-likeness (QED) is 0.590. The Morgan fingerprint density at radius 2 is 1.91 bits per heavy atom. The largest absolute Gasteiger partial charge is 0.481 e. The van der Waals surface area contributed by atoms with E-state index in [4.69, 9.17) is 9.84 Å². The van der Waals surface area contributed by atoms with Gasteiger partial charge in [0.15, 0.2) is 6.73 Å². The standard InChI is InChI=1S/C26H35F3N2O4/c1-17(2)25(10-7-21(14-25)30-11-8-18(9-12-30)3-6-23(32)33)24(34)31-15-19-13-20(26(27,28)29)4-5-22(19)35-16-31/h4-5,13,17-18,21H,3,6-12,14-16H2,1-2H3,(H,32,33)/t21-,25+/m1/s1. The Kier molecular flexibility index (Phi) is 7.36. The van der Waals surface area contributed by atoms with Crippen molar-refractivity contribution in [1.29, 1.82) is 0 Å². The van der Waals surface area contributed by atoms with Crippen LogP contribution in [0.5, 0.6) is 5.75 Å². The first kappa shape index (κ1) is 25.8. The van der Waals surface area contributed by atoms with E-state index in [1.807, 2.05) is 0 Å². The van der Waals surface area contributed by atoms with Crippen LogP contribution in [0, 0.1) is 17.3 Å². The van der Waals surface area contributed by atoms with Crippen molar-refractivity contribution in [2.45, 2.75) is 77.6 Å². The predicted molar refractivity (Wildman–Crippen MR) is 124 cm³/mol. The lowest BCUT2D eigenvalue weighted by molar-refractivity contribution is -0.150. The summed E-state index contributed by atoms with van der Waals surface area (Å²) in [6, 6.07) is 3.72. The maximum absolute atomic E-state index is 13.8. The normalized spacial score (nSPS) is 26.0. The van der Waals surface area contributed by atoms with Crippen LogP contribution in [0.3, 0.4) is 0 Å². The number of carbonyl (C=O) groups is 2. The molecule has 2 fully saturated rings. The average molecular weight is 497 g/mol. The number of carbonyl (C=O) groups excluding carboxylic acids is 1. The summed E-state index contributed by atoms with van der Waals surface area (Å²) in [6.45, 7) is 6.10. The molecular weight excluding hydrogens is 461 g/mol. The minimum atomic E-state index is -4.44. The molecule has 9 heteroatoms. The van der Waals surface area contributed by atoms with Crippen LogP contribution in [0.4, 0.5) is 13.2 Å². The number of halogens is 3. The number of hydrogen-bond donors (Lipinski definition) is 1. The van der Waals surface area contributed by atoms with E-state index in [2.05, 4.69) is 18.7 Å². The van der Waals surface area contributed by atoms with Crippen molar-refractivity contribution in [3.8, 4) is 5.75 Å². The zero-order valence-electron chi connectivity index (χ0n) is 20.4. The van der Waals surface area contributed by atoms with Crippen molar-refractivity contribution in [2.24, 2.45) is 17.3 Å². The molecule has 0 unspecified atom stereocenters. The Balaban J connectivity index is 1.42. The molecule has 0 bridgehead atoms. The lowest BCUT2D eigenvalue weighted by Gasteiger charge is -2.41. The number of amides is 1. The Labute approximate surface area is 204 Å². The highest BCUT2D eigenvalue weighted by atomic mass is 19.4. The second-order valence-electron chi connectivity index (χ2n) is 10.7. The van der Waals surface area contributed by atoms with Crippen LogP contribution < -0.4 is 4.74 Å². The molecule has 2 atom stereocenters. The summed E-state index contributed by atoms with van der Waals surface area (Å²) in [5, 5.41) is 8.94. The van der Waals surface area contributed by atoms with Gasteiger partial charge in [-0.2, -0.15) is 13.2 Å². The van der Waals surface area contributed by atoms with E-state index in [1.54, 1.807) is 4.90 Å². The number of fused-ring (bicyclic) bond motifs is 1. The molecule has 4 rings (SSSR count). The number of rotatable bonds is 6. The minimum absolute atomic E-state index is 0.0330. The molecule has 1 saturated carbocycles. The average Bonchev–Trinajstić information content (AvgIpc) is 3.28. The molecule has 194 valence electrons. The molecule has 0 spiro atoms. The molecule has 1 saturated heterocycles. The molecule has 1 aromatic carbocycles. The van der Waals surface area contributed by atoms with Crippen molar-refractivity contribution < 1.29 is 32.6 Å². The van der Waals surface area contributed by atoms with Gasteiger partial charge >= 0.3 is 12.1 Å². The van der Waals surface area contributed by atoms with Gasteiger partial charge in [0.1, 0.15) is 5.75 Å². The molecule has 2 heterocycles. The predicted octanol–water partition coefficient (Wildman–Crippen LogP) is 5.16. The number of aliphatic carboxylic acids is 1. The lowest BCUT2D eigenvalue weighted by Crippen LogP contribution is -2.49. The SMILES string of the molecule is CC(C)[C@]1(C(=O)N2COc3ccc(C(F)(F)F)cc3C2)CC[C@@H](N2CCC(CCC(=O)O)CC2)C1. The Bertz CT molecular complexity index is 943. The fourth-order valence-electron chi connectivity index (χ4n) is 6.12. The second kappa shape index (κ2) is 9.99. The number of nitrogens with zero attached hydrogens (tertiary/aromatic N) is 2. The van der Waals surface area contributed by atoms with Crippen LogP contribution in [0.15, 0.2) is 18.2 Å². The molecule has 2 aliphatic heterocycles. The third kappa shape index (κ3) is 5.44. The highest BCUT2D eigenvalue weighted by Gasteiger charge is 2.51. The number of carboxylic acid groups (broad SMARTS) is 1. The Hall–Kier alpha value is -2.29. The third-order valence-electron chi connectivity index (χ3n) is 8.40. The summed E-state index contributed by atoms with van der Waals surface area (Å²) in [7, 11) is 0. The first-order chi connectivity index (χ1) is 16.5. The molecule has 3 aliphatic rings. The summed E-state index contributed by atoms with van der Waals surface area (Å²) < 4.78 is 45.3. The van der Waals surface area contributed by atoms with Crippen molar-refractivity contribution in [3.63, 3.8) is 0 Å². The number of benzene rings is 1. The Morgan fingerprint density at radius 1 is 1.20 bits per heavy atom. The van der Waals surface area contributed by atoms with Crippen LogP contribution in [0.2, 0.25) is 0 Å². The van der Waals surface area contributed by atoms with Crippen molar-refractivity contribution in [2.75, 3.05) is 19.8 Å². The van der Waals surface area contributed by atoms with E-state index in [-0.39, 0.29) is 37.6 Å². The monoisotopic (exact) mass is 496 g/mol. The van der Waals surface area contributed by atoms with E-state index in [0.29, 0.717) is 17.2 Å². The molecule has 1 N–H and O–H groups in total. The van der Waals surface area contributed by atoms with E-state index in [9.17, 15) is 22.8 Å². The highest BCUT2D eigenvalue weighted by molar-refractivity contribution is 5.83. The fourth-order valence-corrected chi connectivity index (χ4v) is 6.12. The minimum Gasteiger partial charge on any atom is -0.481 e. The van der Waals surface area contributed by atoms with Gasteiger partial charge in [-0.15, -0.1) is 0 Å². The summed E-state index contributed by atoms with van der Waals surface area (Å²) in [6.07, 6.45) is 0.830. The molecule has 6 nitrogen and oxygen atoms in total. The van der Waals surface area contributed by atoms with Crippen molar-refractivity contribution in [3.05, 3.63) is 29.3 Å². The van der Waals surface area contributed by atoms with Gasteiger partial charge in [-0.05, 0) is 81.6 Å². The van der Waals surface area contributed by atoms with Gasteiger partial charge in [-0.1, -0.05) is 13.8 Å². The summed E-state index contributed by atoms with van der Waals surface area (Å²) in [4.78, 5) is 28.7. The van der Waals surface area contributed by atoms with E-state index in [0.717, 1.165) is 63.7 Å². The molecule has 35 heavy (non-hydrogen) atoms. The van der Waals surface area contributed by atoms with Gasteiger partial charge < -0.3 is 19.6 Å². The van der Waals surface area contributed by atoms with Gasteiger partial charge in [0.25, 0.3) is 0 Å². The van der Waals surface area contributed by atoms with Gasteiger partial charge in [0.2, 0.25) is 5.91 Å². The van der Waals surface area contributed by atoms with Crippen molar-refractivity contribution >= 4 is 11.9 Å². The number of piperidine rings is 1. The maximum Gasteiger partial charge on any atom is 0.416 e. The van der Waals surface area contributed by atoms with Gasteiger partial charge in [-0.3, -0.25) is 9.59 Å². The highest BCUT2D eigenvalue weighted by Crippen LogP contribution is 2.48. The number of hydrogen-bond acceptors (Lipinski definition) is 4. The maximum atomic E-state index is 13.8. The summed E-state index contributed by atoms with van der Waals surface area (Å²) in [5.41, 5.74) is -0.912. The number of likely N-dealkylation sites (tertiary alicyclic amines) is 1. The van der Waals surface area contributed by atoms with Crippen LogP contribution >= 0.6 is 0 Å². The summed E-state index contributed by atoms with van der Waals surface area (Å²) >= 11 is 0. The second-order valence-corrected chi connectivity index (χ2v) is 10.7. The van der Waals surface area contributed by atoms with Crippen LogP contribution in [-0.2, 0) is 22.3 Å². The van der Waals surface area contributed by atoms with Gasteiger partial charge in [0.05, 0.1) is 17.5 Å². The Morgan fingerprint density at radius 3 is 2.54 bits per heavy atom. The third-order valence-corrected chi connectivity index (χ3v) is 8.40. The number of carboxylic acids is 1. The van der Waals surface area contributed by atoms with Gasteiger partial charge in [0, 0.05) is 18.0 Å². The van der Waals surface area contributed by atoms with E-state index < -0.39 is 23.1 Å². The number of alkyl halides is 3. The van der Waals surface area contributed by atoms with Crippen LogP contribution in [0.25, 0.3) is 0 Å². The summed E-state index contributed by atoms with van der Waals surface area (Å²) in [5.74, 6) is 0.149. The lowest BCUT2D eigenvalue weighted by atomic mass is 9.74. The molecule has 1 aromatic rings. The molecular formula is C26H35F3N2O4. The van der Waals surface area contributed by atoms with E-state index in [1.165, 1.54) is 6.07 Å². The zero-order chi connectivity index (χ0) is 25.4. The fraction of sp³-hybridized carbons (Fsp3) is 0.692. The van der Waals surface area contributed by atoms with Crippen molar-refractivity contribution in [1.82, 2.24) is 9.80 Å². The van der Waals surface area contributed by atoms with E-state index >= 15 is 0 Å². The smallest absolute Gasteiger partial charge is 0.416 e. The molecule has 1 aliphatic carbocycles. The molecule has 0 aromatic heterocycles. The molecule has 0 radical (unpaired) electrons. The topological polar surface area (TPSA) is 70.1 Å². The molecule has 1 amide bonds. The van der Waals surface area contributed by atoms with Gasteiger partial charge in [-0.25, -0.2) is 0 Å². The van der Waals surface area contributed by atoms with Crippen LogP contribution in [-0.4, -0.2) is 52.6 Å². The first-order valence-electron chi connectivity index (χ1n) is 12.6. The first-order valence-corrected chi connectivity index (χ1v) is 12.6.